The van der Waals surface area contributed by atoms with Crippen LogP contribution in [0, 0.1) is 0 Å². The minimum Gasteiger partial charge on any atom is -0.342 e. The van der Waals surface area contributed by atoms with Gasteiger partial charge in [0.05, 0.1) is 14.7 Å². The number of carbonyl (C=O) groups is 3. The summed E-state index contributed by atoms with van der Waals surface area (Å²) in [5.41, 5.74) is 3.63. The Morgan fingerprint density at radius 2 is 1.84 bits per heavy atom. The molecule has 2 aromatic rings. The third-order valence-corrected chi connectivity index (χ3v) is 7.53. The van der Waals surface area contributed by atoms with Crippen molar-refractivity contribution in [3.63, 3.8) is 0 Å². The van der Waals surface area contributed by atoms with Gasteiger partial charge in [-0.25, -0.2) is 0 Å². The molecule has 7 heteroatoms. The number of likely N-dealkylation sites (N-methyl/N-ethyl adjacent to an activating group) is 1. The van der Waals surface area contributed by atoms with E-state index in [-0.39, 0.29) is 23.9 Å². The predicted octanol–water partition coefficient (Wildman–Crippen LogP) is 4.60. The third kappa shape index (κ3) is 7.09. The van der Waals surface area contributed by atoms with Gasteiger partial charge < -0.3 is 10.2 Å². The van der Waals surface area contributed by atoms with Crippen LogP contribution >= 0.6 is 27.3 Å². The Bertz CT molecular complexity index is 972. The number of fused-ring (bicyclic) bond motifs is 1. The molecule has 0 spiro atoms. The molecule has 0 fully saturated rings. The Labute approximate surface area is 202 Å². The van der Waals surface area contributed by atoms with Crippen LogP contribution in [0.15, 0.2) is 34.1 Å². The summed E-state index contributed by atoms with van der Waals surface area (Å²) in [5.74, 6) is -0.191. The van der Waals surface area contributed by atoms with Gasteiger partial charge in [-0.2, -0.15) is 0 Å². The number of carbonyl (C=O) groups excluding carboxylic acids is 3. The normalized spacial score (nSPS) is 15.0. The van der Waals surface area contributed by atoms with E-state index in [1.165, 1.54) is 22.5 Å². The molecule has 5 nitrogen and oxygen atoms in total. The lowest BCUT2D eigenvalue weighted by Gasteiger charge is -2.18. The highest BCUT2D eigenvalue weighted by molar-refractivity contribution is 9.11. The Morgan fingerprint density at radius 1 is 1.09 bits per heavy atom. The van der Waals surface area contributed by atoms with Crippen LogP contribution in [-0.4, -0.2) is 48.6 Å². The van der Waals surface area contributed by atoms with E-state index in [2.05, 4.69) is 45.3 Å². The fraction of sp³-hybridized carbons (Fsp3) is 0.480. The Kier molecular flexibility index (Phi) is 9.20. The topological polar surface area (TPSA) is 66.5 Å². The van der Waals surface area contributed by atoms with Gasteiger partial charge in [0.1, 0.15) is 5.78 Å². The van der Waals surface area contributed by atoms with E-state index < -0.39 is 6.04 Å². The molecule has 1 aliphatic rings. The fourth-order valence-electron chi connectivity index (χ4n) is 4.01. The van der Waals surface area contributed by atoms with Crippen molar-refractivity contribution in [1.82, 2.24) is 10.2 Å². The zero-order chi connectivity index (χ0) is 23.1. The smallest absolute Gasteiger partial charge is 0.261 e. The number of halogens is 1. The van der Waals surface area contributed by atoms with E-state index in [9.17, 15) is 14.4 Å². The standard InChI is InChI=1S/C25H31BrN2O3S/c1-3-4-20(29)7-8-21(27-25(31)23-9-10-24(26)32-23)22(30)16-17-5-6-18-11-13-28(2)14-12-19(18)15-17/h5-6,9-10,15,21H,3-4,7-8,11-14,16H2,1-2H3,(H,27,31)/t21-/m1/s1. The number of hydrogen-bond donors (Lipinski definition) is 1. The summed E-state index contributed by atoms with van der Waals surface area (Å²) in [6.07, 6.45) is 4.19. The second-order valence-electron chi connectivity index (χ2n) is 8.51. The Balaban J connectivity index is 1.71. The quantitative estimate of drug-likeness (QED) is 0.499. The van der Waals surface area contributed by atoms with Crippen LogP contribution in [0.5, 0.6) is 0 Å². The monoisotopic (exact) mass is 518 g/mol. The van der Waals surface area contributed by atoms with E-state index in [1.807, 2.05) is 19.1 Å². The first-order valence-electron chi connectivity index (χ1n) is 11.3. The lowest BCUT2D eigenvalue weighted by Crippen LogP contribution is -2.41. The SMILES string of the molecule is CCCC(=O)CC[C@@H](NC(=O)c1ccc(Br)s1)C(=O)Cc1ccc2c(c1)CCN(C)CC2. The van der Waals surface area contributed by atoms with Gasteiger partial charge in [0, 0.05) is 32.4 Å². The fourth-order valence-corrected chi connectivity index (χ4v) is 5.30. The minimum atomic E-state index is -0.672. The van der Waals surface area contributed by atoms with Crippen LogP contribution in [0.4, 0.5) is 0 Å². The van der Waals surface area contributed by atoms with Gasteiger partial charge in [0.2, 0.25) is 0 Å². The third-order valence-electron chi connectivity index (χ3n) is 5.91. The van der Waals surface area contributed by atoms with E-state index in [4.69, 9.17) is 0 Å². The van der Waals surface area contributed by atoms with Gasteiger partial charge in [-0.1, -0.05) is 25.1 Å². The number of amides is 1. The molecular formula is C25H31BrN2O3S. The van der Waals surface area contributed by atoms with Crippen LogP contribution < -0.4 is 5.32 Å². The molecule has 0 radical (unpaired) electrons. The molecule has 32 heavy (non-hydrogen) atoms. The number of Topliss-reactive ketones (excluding diaryl/α,β-unsaturated/α-hetero) is 2. The number of hydrogen-bond acceptors (Lipinski definition) is 5. The number of ketones is 2. The summed E-state index contributed by atoms with van der Waals surface area (Å²) in [5, 5.41) is 2.88. The average molecular weight is 520 g/mol. The van der Waals surface area contributed by atoms with Crippen molar-refractivity contribution < 1.29 is 14.4 Å². The molecule has 0 aliphatic carbocycles. The molecule has 1 N–H and O–H groups in total. The summed E-state index contributed by atoms with van der Waals surface area (Å²) in [6, 6.07) is 9.18. The summed E-state index contributed by atoms with van der Waals surface area (Å²) in [4.78, 5) is 40.8. The van der Waals surface area contributed by atoms with Gasteiger partial charge in [0.25, 0.3) is 5.91 Å². The highest BCUT2D eigenvalue weighted by atomic mass is 79.9. The summed E-state index contributed by atoms with van der Waals surface area (Å²) >= 11 is 4.70. The van der Waals surface area contributed by atoms with Gasteiger partial charge >= 0.3 is 0 Å². The van der Waals surface area contributed by atoms with Crippen molar-refractivity contribution in [3.05, 3.63) is 55.7 Å². The lowest BCUT2D eigenvalue weighted by molar-refractivity contribution is -0.121. The van der Waals surface area contributed by atoms with Crippen LogP contribution in [-0.2, 0) is 28.9 Å². The van der Waals surface area contributed by atoms with Gasteiger partial charge in [-0.3, -0.25) is 14.4 Å². The maximum atomic E-state index is 13.2. The molecule has 1 aromatic carbocycles. The molecule has 1 amide bonds. The largest absolute Gasteiger partial charge is 0.342 e. The zero-order valence-corrected chi connectivity index (χ0v) is 21.2. The lowest BCUT2D eigenvalue weighted by atomic mass is 9.94. The second kappa shape index (κ2) is 11.9. The highest BCUT2D eigenvalue weighted by Crippen LogP contribution is 2.23. The van der Waals surface area contributed by atoms with Gasteiger partial charge in [-0.05, 0) is 77.5 Å². The number of rotatable bonds is 10. The first-order valence-corrected chi connectivity index (χ1v) is 12.9. The number of benzene rings is 1. The van der Waals surface area contributed by atoms with E-state index in [0.29, 0.717) is 24.1 Å². The Hall–Kier alpha value is -1.83. The van der Waals surface area contributed by atoms with Crippen LogP contribution in [0.3, 0.4) is 0 Å². The average Bonchev–Trinajstić information content (AvgIpc) is 3.12. The number of nitrogens with zero attached hydrogens (tertiary/aromatic N) is 1. The van der Waals surface area contributed by atoms with Crippen molar-refractivity contribution >= 4 is 44.7 Å². The van der Waals surface area contributed by atoms with E-state index in [0.717, 1.165) is 41.7 Å². The summed E-state index contributed by atoms with van der Waals surface area (Å²) in [6.45, 7) is 4.02. The number of thiophene rings is 1. The molecule has 2 heterocycles. The molecule has 172 valence electrons. The molecule has 1 aromatic heterocycles. The molecule has 1 aliphatic heterocycles. The van der Waals surface area contributed by atoms with E-state index in [1.54, 1.807) is 6.07 Å². The molecule has 0 bridgehead atoms. The molecule has 3 rings (SSSR count). The highest BCUT2D eigenvalue weighted by Gasteiger charge is 2.23. The van der Waals surface area contributed by atoms with Crippen LogP contribution in [0.25, 0.3) is 0 Å². The minimum absolute atomic E-state index is 0.0519. The van der Waals surface area contributed by atoms with Crippen molar-refractivity contribution in [3.8, 4) is 0 Å². The first-order chi connectivity index (χ1) is 15.4. The molecular weight excluding hydrogens is 488 g/mol. The van der Waals surface area contributed by atoms with Crippen LogP contribution in [0.2, 0.25) is 0 Å². The maximum Gasteiger partial charge on any atom is 0.261 e. The van der Waals surface area contributed by atoms with E-state index >= 15 is 0 Å². The molecule has 0 unspecified atom stereocenters. The molecule has 0 saturated heterocycles. The van der Waals surface area contributed by atoms with Crippen LogP contribution in [0.1, 0.15) is 59.0 Å². The summed E-state index contributed by atoms with van der Waals surface area (Å²) < 4.78 is 0.860. The first kappa shape index (κ1) is 24.8. The summed E-state index contributed by atoms with van der Waals surface area (Å²) in [7, 11) is 2.13. The van der Waals surface area contributed by atoms with Gasteiger partial charge in [0.15, 0.2) is 5.78 Å². The van der Waals surface area contributed by atoms with Crippen molar-refractivity contribution in [2.45, 2.75) is 57.9 Å². The number of nitrogens with one attached hydrogen (secondary N) is 1. The van der Waals surface area contributed by atoms with Crippen molar-refractivity contribution in [2.24, 2.45) is 0 Å². The molecule has 1 atom stereocenters. The van der Waals surface area contributed by atoms with Gasteiger partial charge in [-0.15, -0.1) is 11.3 Å². The zero-order valence-electron chi connectivity index (χ0n) is 18.8. The second-order valence-corrected chi connectivity index (χ2v) is 11.0. The van der Waals surface area contributed by atoms with Crippen molar-refractivity contribution in [1.29, 1.82) is 0 Å². The maximum absolute atomic E-state index is 13.2. The Morgan fingerprint density at radius 3 is 2.53 bits per heavy atom. The predicted molar refractivity (Wildman–Crippen MR) is 132 cm³/mol. The molecule has 0 saturated carbocycles. The van der Waals surface area contributed by atoms with Crippen molar-refractivity contribution in [2.75, 3.05) is 20.1 Å².